The third-order valence-electron chi connectivity index (χ3n) is 3.67. The van der Waals surface area contributed by atoms with Crippen LogP contribution in [0.4, 0.5) is 14.9 Å². The molecule has 7 heteroatoms. The zero-order valence-corrected chi connectivity index (χ0v) is 14.7. The second kappa shape index (κ2) is 7.83. The van der Waals surface area contributed by atoms with Gasteiger partial charge in [0.2, 0.25) is 0 Å². The number of carbonyl (C=O) groups is 2. The Morgan fingerprint density at radius 3 is 2.67 bits per heavy atom. The number of halogens is 2. The lowest BCUT2D eigenvalue weighted by Crippen LogP contribution is -2.33. The van der Waals surface area contributed by atoms with E-state index < -0.39 is 24.3 Å². The van der Waals surface area contributed by atoms with Crippen LogP contribution in [0.1, 0.15) is 33.6 Å². The maximum Gasteiger partial charge on any atom is 0.422 e. The highest BCUT2D eigenvalue weighted by atomic mass is 35.5. The molecule has 1 saturated heterocycles. The minimum atomic E-state index is -1.10. The molecule has 1 aromatic rings. The van der Waals surface area contributed by atoms with Crippen molar-refractivity contribution in [1.29, 1.82) is 0 Å². The standard InChI is InChI=1S/C17H21ClFNO4/c1-4-5-11(19)9-23-14-8-12(6-7-13(14)18)20-16(21)15(10(2)3)24-17(20)22/h6-8,10-11,15H,4-5,9H2,1-3H3. The Labute approximate surface area is 145 Å². The van der Waals surface area contributed by atoms with Crippen molar-refractivity contribution in [2.75, 3.05) is 11.5 Å². The molecular formula is C17H21ClFNO4. The van der Waals surface area contributed by atoms with Gasteiger partial charge in [-0.3, -0.25) is 4.79 Å². The maximum atomic E-state index is 13.6. The second-order valence-electron chi connectivity index (χ2n) is 6.03. The van der Waals surface area contributed by atoms with Gasteiger partial charge in [0.1, 0.15) is 18.5 Å². The molecule has 2 atom stereocenters. The second-order valence-corrected chi connectivity index (χ2v) is 6.44. The predicted octanol–water partition coefficient (Wildman–Crippen LogP) is 4.36. The van der Waals surface area contributed by atoms with Crippen LogP contribution in [-0.2, 0) is 9.53 Å². The lowest BCUT2D eigenvalue weighted by molar-refractivity contribution is -0.123. The van der Waals surface area contributed by atoms with Gasteiger partial charge in [-0.15, -0.1) is 0 Å². The lowest BCUT2D eigenvalue weighted by atomic mass is 10.1. The molecular weight excluding hydrogens is 337 g/mol. The summed E-state index contributed by atoms with van der Waals surface area (Å²) < 4.78 is 24.1. The number of anilines is 1. The summed E-state index contributed by atoms with van der Waals surface area (Å²) in [6.45, 7) is 5.34. The van der Waals surface area contributed by atoms with Gasteiger partial charge in [0.05, 0.1) is 10.7 Å². The molecule has 0 spiro atoms. The van der Waals surface area contributed by atoms with Crippen molar-refractivity contribution in [3.05, 3.63) is 23.2 Å². The molecule has 0 aromatic heterocycles. The van der Waals surface area contributed by atoms with Gasteiger partial charge < -0.3 is 9.47 Å². The fourth-order valence-electron chi connectivity index (χ4n) is 2.40. The van der Waals surface area contributed by atoms with Crippen molar-refractivity contribution >= 4 is 29.3 Å². The van der Waals surface area contributed by atoms with Crippen molar-refractivity contribution in [3.8, 4) is 5.75 Å². The van der Waals surface area contributed by atoms with Gasteiger partial charge in [0.25, 0.3) is 5.91 Å². The molecule has 0 saturated carbocycles. The van der Waals surface area contributed by atoms with Gasteiger partial charge in [-0.25, -0.2) is 14.1 Å². The van der Waals surface area contributed by atoms with Crippen molar-refractivity contribution in [3.63, 3.8) is 0 Å². The number of benzene rings is 1. The highest BCUT2D eigenvalue weighted by molar-refractivity contribution is 6.32. The minimum absolute atomic E-state index is 0.129. The molecule has 24 heavy (non-hydrogen) atoms. The van der Waals surface area contributed by atoms with Gasteiger partial charge in [0, 0.05) is 6.07 Å². The average molecular weight is 358 g/mol. The molecule has 0 bridgehead atoms. The van der Waals surface area contributed by atoms with E-state index in [-0.39, 0.29) is 23.3 Å². The average Bonchev–Trinajstić information content (AvgIpc) is 2.82. The van der Waals surface area contributed by atoms with Crippen LogP contribution in [-0.4, -0.2) is 30.9 Å². The molecule has 1 fully saturated rings. The minimum Gasteiger partial charge on any atom is -0.489 e. The first-order chi connectivity index (χ1) is 11.3. The monoisotopic (exact) mass is 357 g/mol. The fraction of sp³-hybridized carbons (Fsp3) is 0.529. The SMILES string of the molecule is CCCC(F)COc1cc(N2C(=O)OC(C(C)C)C2=O)ccc1Cl. The molecule has 1 heterocycles. The molecule has 132 valence electrons. The van der Waals surface area contributed by atoms with Crippen LogP contribution < -0.4 is 9.64 Å². The third kappa shape index (κ3) is 3.98. The summed E-state index contributed by atoms with van der Waals surface area (Å²) in [5.74, 6) is -0.338. The topological polar surface area (TPSA) is 55.8 Å². The molecule has 0 radical (unpaired) electrons. The number of cyclic esters (lactones) is 1. The number of ether oxygens (including phenoxy) is 2. The van der Waals surface area contributed by atoms with Crippen LogP contribution in [0.2, 0.25) is 5.02 Å². The number of hydrogen-bond donors (Lipinski definition) is 0. The Kier molecular flexibility index (Phi) is 6.04. The highest BCUT2D eigenvalue weighted by Gasteiger charge is 2.43. The Bertz CT molecular complexity index is 623. The molecule has 2 unspecified atom stereocenters. The molecule has 1 aromatic carbocycles. The van der Waals surface area contributed by atoms with Crippen molar-refractivity contribution < 1.29 is 23.5 Å². The number of carbonyl (C=O) groups excluding carboxylic acids is 2. The Morgan fingerprint density at radius 2 is 2.08 bits per heavy atom. The number of alkyl halides is 1. The summed E-state index contributed by atoms with van der Waals surface area (Å²) in [7, 11) is 0. The summed E-state index contributed by atoms with van der Waals surface area (Å²) in [5.41, 5.74) is 0.290. The molecule has 0 aliphatic carbocycles. The predicted molar refractivity (Wildman–Crippen MR) is 89.3 cm³/mol. The van der Waals surface area contributed by atoms with E-state index in [1.54, 1.807) is 13.8 Å². The lowest BCUT2D eigenvalue weighted by Gasteiger charge is -2.16. The van der Waals surface area contributed by atoms with Crippen LogP contribution in [0.25, 0.3) is 0 Å². The molecule has 1 aliphatic heterocycles. The van der Waals surface area contributed by atoms with Gasteiger partial charge in [-0.05, 0) is 24.5 Å². The van der Waals surface area contributed by atoms with E-state index in [1.807, 2.05) is 6.92 Å². The summed E-state index contributed by atoms with van der Waals surface area (Å²) in [4.78, 5) is 25.3. The smallest absolute Gasteiger partial charge is 0.422 e. The van der Waals surface area contributed by atoms with E-state index in [0.29, 0.717) is 18.5 Å². The highest BCUT2D eigenvalue weighted by Crippen LogP contribution is 2.33. The number of amides is 2. The van der Waals surface area contributed by atoms with Crippen LogP contribution in [0.15, 0.2) is 18.2 Å². The number of imide groups is 1. The van der Waals surface area contributed by atoms with Crippen LogP contribution in [0.5, 0.6) is 5.75 Å². The molecule has 2 rings (SSSR count). The quantitative estimate of drug-likeness (QED) is 0.727. The van der Waals surface area contributed by atoms with Gasteiger partial charge in [0.15, 0.2) is 6.10 Å². The van der Waals surface area contributed by atoms with Crippen molar-refractivity contribution in [1.82, 2.24) is 0 Å². The van der Waals surface area contributed by atoms with Crippen molar-refractivity contribution in [2.24, 2.45) is 5.92 Å². The molecule has 2 amide bonds. The molecule has 0 N–H and O–H groups in total. The van der Waals surface area contributed by atoms with Crippen molar-refractivity contribution in [2.45, 2.75) is 45.9 Å². The zero-order valence-electron chi connectivity index (χ0n) is 13.9. The van der Waals surface area contributed by atoms with E-state index in [0.717, 1.165) is 4.90 Å². The summed E-state index contributed by atoms with van der Waals surface area (Å²) in [6.07, 6.45) is -1.54. The van der Waals surface area contributed by atoms with Gasteiger partial charge in [-0.1, -0.05) is 38.8 Å². The Hall–Kier alpha value is -1.82. The van der Waals surface area contributed by atoms with Crippen LogP contribution >= 0.6 is 11.6 Å². The van der Waals surface area contributed by atoms with E-state index in [9.17, 15) is 14.0 Å². The van der Waals surface area contributed by atoms with Gasteiger partial charge in [-0.2, -0.15) is 0 Å². The zero-order chi connectivity index (χ0) is 17.9. The molecule has 1 aliphatic rings. The summed E-state index contributed by atoms with van der Waals surface area (Å²) >= 11 is 6.05. The van der Waals surface area contributed by atoms with E-state index in [1.165, 1.54) is 18.2 Å². The van der Waals surface area contributed by atoms with Gasteiger partial charge >= 0.3 is 6.09 Å². The van der Waals surface area contributed by atoms with Crippen LogP contribution in [0, 0.1) is 5.92 Å². The first-order valence-corrected chi connectivity index (χ1v) is 8.34. The number of nitrogens with zero attached hydrogens (tertiary/aromatic N) is 1. The first-order valence-electron chi connectivity index (χ1n) is 7.96. The van der Waals surface area contributed by atoms with E-state index >= 15 is 0 Å². The number of rotatable bonds is 7. The summed E-state index contributed by atoms with van der Waals surface area (Å²) in [6, 6.07) is 4.47. The largest absolute Gasteiger partial charge is 0.489 e. The van der Waals surface area contributed by atoms with Crippen LogP contribution in [0.3, 0.4) is 0 Å². The van der Waals surface area contributed by atoms with E-state index in [4.69, 9.17) is 21.1 Å². The Morgan fingerprint density at radius 1 is 1.38 bits per heavy atom. The first kappa shape index (κ1) is 18.5. The number of hydrogen-bond acceptors (Lipinski definition) is 4. The van der Waals surface area contributed by atoms with E-state index in [2.05, 4.69) is 0 Å². The Balaban J connectivity index is 2.18. The normalized spacial score (nSPS) is 18.9. The summed E-state index contributed by atoms with van der Waals surface area (Å²) in [5, 5.41) is 0.280. The third-order valence-corrected chi connectivity index (χ3v) is 3.99. The molecule has 5 nitrogen and oxygen atoms in total. The maximum absolute atomic E-state index is 13.6. The fourth-order valence-corrected chi connectivity index (χ4v) is 2.57.